The second-order valence-electron chi connectivity index (χ2n) is 4.87. The van der Waals surface area contributed by atoms with E-state index in [2.05, 4.69) is 27.2 Å². The summed E-state index contributed by atoms with van der Waals surface area (Å²) >= 11 is 6.03. The standard InChI is InChI=1S/C17H21ClN4O/c1-4-9-23-13-7-8-15-14(10-13)16(22-17(18)21-15)20-12(5-2)11-19-6-3/h5,7-8,10-11H,4,6,9H2,1-3H3,(H,20,21,22)/b12-5+,19-11?. The molecule has 0 aliphatic rings. The molecule has 1 heterocycles. The first-order valence-electron chi connectivity index (χ1n) is 7.71. The second-order valence-corrected chi connectivity index (χ2v) is 5.20. The van der Waals surface area contributed by atoms with E-state index >= 15 is 0 Å². The van der Waals surface area contributed by atoms with E-state index in [1.54, 1.807) is 6.21 Å². The van der Waals surface area contributed by atoms with Crippen molar-refractivity contribution in [1.82, 2.24) is 9.97 Å². The molecule has 0 bridgehead atoms. The molecule has 1 N–H and O–H groups in total. The summed E-state index contributed by atoms with van der Waals surface area (Å²) in [5.41, 5.74) is 1.61. The Balaban J connectivity index is 2.41. The lowest BCUT2D eigenvalue weighted by Crippen LogP contribution is -2.05. The summed E-state index contributed by atoms with van der Waals surface area (Å²) in [6.07, 6.45) is 4.66. The van der Waals surface area contributed by atoms with Crippen LogP contribution in [0.5, 0.6) is 5.75 Å². The highest BCUT2D eigenvalue weighted by Gasteiger charge is 2.09. The van der Waals surface area contributed by atoms with Crippen molar-refractivity contribution < 1.29 is 4.74 Å². The van der Waals surface area contributed by atoms with Gasteiger partial charge in [-0.2, -0.15) is 4.98 Å². The number of allylic oxidation sites excluding steroid dienone is 2. The molecule has 0 atom stereocenters. The molecular weight excluding hydrogens is 312 g/mol. The van der Waals surface area contributed by atoms with E-state index in [1.165, 1.54) is 0 Å². The van der Waals surface area contributed by atoms with Gasteiger partial charge in [-0.25, -0.2) is 4.98 Å². The Bertz CT molecular complexity index is 728. The third-order valence-electron chi connectivity index (χ3n) is 3.10. The zero-order valence-corrected chi connectivity index (χ0v) is 14.4. The number of fused-ring (bicyclic) bond motifs is 1. The SMILES string of the molecule is C/C=C(\C=NCC)Nc1nc(Cl)nc2ccc(OCCC)cc12. The fourth-order valence-corrected chi connectivity index (χ4v) is 2.17. The molecule has 6 heteroatoms. The van der Waals surface area contributed by atoms with Crippen LogP contribution in [0.15, 0.2) is 35.0 Å². The number of nitrogens with one attached hydrogen (secondary N) is 1. The number of benzene rings is 1. The number of halogens is 1. The average molecular weight is 333 g/mol. The Hall–Kier alpha value is -2.14. The quantitative estimate of drug-likeness (QED) is 0.600. The lowest BCUT2D eigenvalue weighted by atomic mass is 10.2. The average Bonchev–Trinajstić information content (AvgIpc) is 2.56. The topological polar surface area (TPSA) is 59.4 Å². The summed E-state index contributed by atoms with van der Waals surface area (Å²) in [7, 11) is 0. The largest absolute Gasteiger partial charge is 0.494 e. The van der Waals surface area contributed by atoms with E-state index in [9.17, 15) is 0 Å². The molecule has 0 aliphatic heterocycles. The number of anilines is 1. The summed E-state index contributed by atoms with van der Waals surface area (Å²) in [5.74, 6) is 1.43. The number of aliphatic imine (C=N–C) groups is 1. The Morgan fingerprint density at radius 1 is 1.35 bits per heavy atom. The molecule has 0 amide bonds. The zero-order valence-electron chi connectivity index (χ0n) is 13.6. The summed E-state index contributed by atoms with van der Waals surface area (Å²) in [6, 6.07) is 5.70. The molecule has 1 aromatic carbocycles. The molecule has 0 radical (unpaired) electrons. The van der Waals surface area contributed by atoms with Crippen LogP contribution in [0.3, 0.4) is 0 Å². The molecule has 0 fully saturated rings. The molecule has 122 valence electrons. The fraction of sp³-hybridized carbons (Fsp3) is 0.353. The van der Waals surface area contributed by atoms with Crippen molar-refractivity contribution in [2.24, 2.45) is 4.99 Å². The number of ether oxygens (including phenoxy) is 1. The minimum Gasteiger partial charge on any atom is -0.494 e. The van der Waals surface area contributed by atoms with Gasteiger partial charge in [0, 0.05) is 18.1 Å². The molecule has 0 unspecified atom stereocenters. The van der Waals surface area contributed by atoms with Gasteiger partial charge in [-0.15, -0.1) is 0 Å². The molecule has 0 spiro atoms. The van der Waals surface area contributed by atoms with Crippen LogP contribution in [0.2, 0.25) is 5.28 Å². The van der Waals surface area contributed by atoms with Gasteiger partial charge in [0.1, 0.15) is 11.6 Å². The lowest BCUT2D eigenvalue weighted by molar-refractivity contribution is 0.318. The third-order valence-corrected chi connectivity index (χ3v) is 3.27. The van der Waals surface area contributed by atoms with Crippen LogP contribution in [0.1, 0.15) is 27.2 Å². The van der Waals surface area contributed by atoms with Gasteiger partial charge in [0.2, 0.25) is 5.28 Å². The highest BCUT2D eigenvalue weighted by Crippen LogP contribution is 2.27. The van der Waals surface area contributed by atoms with E-state index in [-0.39, 0.29) is 5.28 Å². The summed E-state index contributed by atoms with van der Waals surface area (Å²) in [4.78, 5) is 12.8. The van der Waals surface area contributed by atoms with Crippen molar-refractivity contribution >= 4 is 34.5 Å². The van der Waals surface area contributed by atoms with Crippen LogP contribution >= 0.6 is 11.6 Å². The normalized spacial score (nSPS) is 12.1. The number of hydrogen-bond donors (Lipinski definition) is 1. The molecule has 2 rings (SSSR count). The van der Waals surface area contributed by atoms with Gasteiger partial charge < -0.3 is 10.1 Å². The molecule has 5 nitrogen and oxygen atoms in total. The second kappa shape index (κ2) is 8.48. The van der Waals surface area contributed by atoms with Gasteiger partial charge in [-0.1, -0.05) is 13.0 Å². The van der Waals surface area contributed by atoms with Crippen LogP contribution in [0.4, 0.5) is 5.82 Å². The Morgan fingerprint density at radius 3 is 2.87 bits per heavy atom. The Labute approximate surface area is 141 Å². The first-order valence-corrected chi connectivity index (χ1v) is 8.09. The van der Waals surface area contributed by atoms with Crippen molar-refractivity contribution in [2.75, 3.05) is 18.5 Å². The van der Waals surface area contributed by atoms with E-state index in [0.717, 1.165) is 35.3 Å². The van der Waals surface area contributed by atoms with Crippen molar-refractivity contribution in [2.45, 2.75) is 27.2 Å². The number of hydrogen-bond acceptors (Lipinski definition) is 5. The summed E-state index contributed by atoms with van der Waals surface area (Å²) in [6.45, 7) is 7.39. The monoisotopic (exact) mass is 332 g/mol. The predicted molar refractivity (Wildman–Crippen MR) is 96.7 cm³/mol. The smallest absolute Gasteiger partial charge is 0.224 e. The van der Waals surface area contributed by atoms with Crippen LogP contribution < -0.4 is 10.1 Å². The van der Waals surface area contributed by atoms with Crippen LogP contribution in [-0.2, 0) is 0 Å². The molecule has 0 saturated carbocycles. The van der Waals surface area contributed by atoms with Crippen molar-refractivity contribution in [3.05, 3.63) is 35.3 Å². The van der Waals surface area contributed by atoms with Crippen molar-refractivity contribution in [3.8, 4) is 5.75 Å². The molecule has 23 heavy (non-hydrogen) atoms. The Kier molecular flexibility index (Phi) is 6.35. The maximum Gasteiger partial charge on any atom is 0.224 e. The van der Waals surface area contributed by atoms with Crippen LogP contribution in [0, 0.1) is 0 Å². The molecule has 0 aliphatic carbocycles. The minimum absolute atomic E-state index is 0.199. The summed E-state index contributed by atoms with van der Waals surface area (Å²) < 4.78 is 5.69. The first-order chi connectivity index (χ1) is 11.2. The van der Waals surface area contributed by atoms with Crippen molar-refractivity contribution in [3.63, 3.8) is 0 Å². The van der Waals surface area contributed by atoms with Crippen LogP contribution in [-0.4, -0.2) is 29.3 Å². The minimum atomic E-state index is 0.199. The van der Waals surface area contributed by atoms with E-state index in [4.69, 9.17) is 16.3 Å². The first kappa shape index (κ1) is 17.2. The maximum absolute atomic E-state index is 6.03. The predicted octanol–water partition coefficient (Wildman–Crippen LogP) is 4.48. The highest BCUT2D eigenvalue weighted by atomic mass is 35.5. The number of aromatic nitrogens is 2. The highest BCUT2D eigenvalue weighted by molar-refractivity contribution is 6.28. The molecule has 2 aromatic rings. The van der Waals surface area contributed by atoms with Gasteiger partial charge in [-0.05, 0) is 50.1 Å². The van der Waals surface area contributed by atoms with Gasteiger partial charge >= 0.3 is 0 Å². The molecule has 1 aromatic heterocycles. The fourth-order valence-electron chi connectivity index (χ4n) is 1.99. The van der Waals surface area contributed by atoms with Crippen molar-refractivity contribution in [1.29, 1.82) is 0 Å². The third kappa shape index (κ3) is 4.66. The summed E-state index contributed by atoms with van der Waals surface area (Å²) in [5, 5.41) is 4.30. The molecular formula is C17H21ClN4O. The zero-order chi connectivity index (χ0) is 16.7. The number of rotatable bonds is 7. The lowest BCUT2D eigenvalue weighted by Gasteiger charge is -2.11. The Morgan fingerprint density at radius 2 is 2.17 bits per heavy atom. The maximum atomic E-state index is 6.03. The van der Waals surface area contributed by atoms with Gasteiger partial charge in [0.05, 0.1) is 17.8 Å². The number of nitrogens with zero attached hydrogens (tertiary/aromatic N) is 3. The van der Waals surface area contributed by atoms with E-state index in [0.29, 0.717) is 12.4 Å². The van der Waals surface area contributed by atoms with Gasteiger partial charge in [-0.3, -0.25) is 4.99 Å². The van der Waals surface area contributed by atoms with Gasteiger partial charge in [0.15, 0.2) is 0 Å². The molecule has 0 saturated heterocycles. The van der Waals surface area contributed by atoms with E-state index < -0.39 is 0 Å². The van der Waals surface area contributed by atoms with Crippen LogP contribution in [0.25, 0.3) is 10.9 Å². The van der Waals surface area contributed by atoms with E-state index in [1.807, 2.05) is 38.1 Å². The van der Waals surface area contributed by atoms with Gasteiger partial charge in [0.25, 0.3) is 0 Å².